The molecular weight excluding hydrogens is 434 g/mol. The van der Waals surface area contributed by atoms with E-state index >= 15 is 0 Å². The third-order valence-electron chi connectivity index (χ3n) is 5.76. The molecule has 3 heterocycles. The summed E-state index contributed by atoms with van der Waals surface area (Å²) in [6, 6.07) is 15.7. The predicted octanol–water partition coefficient (Wildman–Crippen LogP) is 4.41. The van der Waals surface area contributed by atoms with Crippen LogP contribution in [0.3, 0.4) is 0 Å². The van der Waals surface area contributed by atoms with Crippen molar-refractivity contribution in [2.24, 2.45) is 0 Å². The summed E-state index contributed by atoms with van der Waals surface area (Å²) in [4.78, 5) is 32.0. The highest BCUT2D eigenvalue weighted by atomic mass is 32.1. The van der Waals surface area contributed by atoms with Crippen molar-refractivity contribution in [1.82, 2.24) is 15.2 Å². The van der Waals surface area contributed by atoms with E-state index in [0.29, 0.717) is 43.0 Å². The van der Waals surface area contributed by atoms with Crippen molar-refractivity contribution in [3.63, 3.8) is 0 Å². The Morgan fingerprint density at radius 2 is 1.97 bits per heavy atom. The molecule has 7 nitrogen and oxygen atoms in total. The molecule has 0 fully saturated rings. The average Bonchev–Trinajstić information content (AvgIpc) is 3.19. The van der Waals surface area contributed by atoms with Crippen molar-refractivity contribution >= 4 is 28.3 Å². The van der Waals surface area contributed by atoms with Crippen molar-refractivity contribution in [3.05, 3.63) is 82.0 Å². The van der Waals surface area contributed by atoms with Gasteiger partial charge in [0.25, 0.3) is 0 Å². The summed E-state index contributed by atoms with van der Waals surface area (Å²) < 4.78 is 0. The first-order valence-electron chi connectivity index (χ1n) is 10.9. The number of fused-ring (bicyclic) bond motifs is 1. The smallest absolute Gasteiger partial charge is 0.318 e. The summed E-state index contributed by atoms with van der Waals surface area (Å²) in [6.07, 6.45) is 4.31. The molecule has 1 atom stereocenters. The maximum absolute atomic E-state index is 12.7. The lowest BCUT2D eigenvalue weighted by atomic mass is 9.97. The molecule has 4 rings (SSSR count). The number of rotatable bonds is 6. The molecule has 168 valence electrons. The average molecular weight is 460 g/mol. The number of carbonyl (C=O) groups excluding carboxylic acids is 2. The van der Waals surface area contributed by atoms with Crippen LogP contribution in [0.5, 0.6) is 0 Å². The lowest BCUT2D eigenvalue weighted by Gasteiger charge is -2.27. The summed E-state index contributed by atoms with van der Waals surface area (Å²) >= 11 is 1.39. The van der Waals surface area contributed by atoms with Gasteiger partial charge in [-0.05, 0) is 41.2 Å². The van der Waals surface area contributed by atoms with Gasteiger partial charge < -0.3 is 15.5 Å². The second-order valence-electron chi connectivity index (χ2n) is 8.07. The number of thiophene rings is 1. The second kappa shape index (κ2) is 10.3. The van der Waals surface area contributed by atoms with Gasteiger partial charge in [0.05, 0.1) is 12.1 Å². The maximum atomic E-state index is 12.7. The Kier molecular flexibility index (Phi) is 7.01. The number of urea groups is 1. The fourth-order valence-electron chi connectivity index (χ4n) is 3.93. The number of carbonyl (C=O) groups is 2. The minimum atomic E-state index is -0.147. The number of anilines is 1. The Morgan fingerprint density at radius 1 is 1.21 bits per heavy atom. The first kappa shape index (κ1) is 22.5. The fourth-order valence-corrected chi connectivity index (χ4v) is 5.16. The maximum Gasteiger partial charge on any atom is 0.318 e. The van der Waals surface area contributed by atoms with Crippen LogP contribution in [0.25, 0.3) is 0 Å². The molecule has 1 aromatic carbocycles. The highest BCUT2D eigenvalue weighted by Gasteiger charge is 2.27. The zero-order valence-electron chi connectivity index (χ0n) is 18.4. The van der Waals surface area contributed by atoms with E-state index in [-0.39, 0.29) is 17.9 Å². The molecule has 0 radical (unpaired) electrons. The molecule has 1 aliphatic rings. The van der Waals surface area contributed by atoms with Crippen LogP contribution in [0, 0.1) is 11.3 Å². The van der Waals surface area contributed by atoms with Crippen LogP contribution in [0.2, 0.25) is 0 Å². The van der Waals surface area contributed by atoms with Crippen molar-refractivity contribution in [3.8, 4) is 6.07 Å². The Bertz CT molecular complexity index is 1170. The fraction of sp³-hybridized carbons (Fsp3) is 0.280. The summed E-state index contributed by atoms with van der Waals surface area (Å²) in [5.41, 5.74) is 3.54. The third-order valence-corrected chi connectivity index (χ3v) is 6.89. The van der Waals surface area contributed by atoms with Gasteiger partial charge in [-0.2, -0.15) is 5.26 Å². The third kappa shape index (κ3) is 5.38. The van der Waals surface area contributed by atoms with Crippen molar-refractivity contribution in [1.29, 1.82) is 5.26 Å². The van der Waals surface area contributed by atoms with Crippen LogP contribution in [-0.4, -0.2) is 28.4 Å². The Morgan fingerprint density at radius 3 is 2.70 bits per heavy atom. The molecule has 0 spiro atoms. The van der Waals surface area contributed by atoms with E-state index in [1.165, 1.54) is 11.3 Å². The van der Waals surface area contributed by atoms with Crippen LogP contribution in [0.4, 0.5) is 9.80 Å². The zero-order valence-corrected chi connectivity index (χ0v) is 19.2. The molecule has 8 heteroatoms. The van der Waals surface area contributed by atoms with E-state index in [1.54, 1.807) is 17.3 Å². The molecule has 1 aliphatic heterocycles. The molecule has 2 N–H and O–H groups in total. The summed E-state index contributed by atoms with van der Waals surface area (Å²) in [7, 11) is 0. The second-order valence-corrected chi connectivity index (χ2v) is 9.17. The van der Waals surface area contributed by atoms with Gasteiger partial charge in [0.15, 0.2) is 0 Å². The number of nitriles is 1. The molecule has 3 aromatic rings. The summed E-state index contributed by atoms with van der Waals surface area (Å²) in [5, 5.41) is 16.2. The number of aromatic nitrogens is 1. The number of benzene rings is 1. The molecular formula is C25H25N5O2S. The highest BCUT2D eigenvalue weighted by molar-refractivity contribution is 7.16. The van der Waals surface area contributed by atoms with Crippen LogP contribution >= 0.6 is 11.3 Å². The Balaban J connectivity index is 1.39. The molecule has 0 bridgehead atoms. The summed E-state index contributed by atoms with van der Waals surface area (Å²) in [6.45, 7) is 3.40. The predicted molar refractivity (Wildman–Crippen MR) is 128 cm³/mol. The number of nitrogens with one attached hydrogen (secondary N) is 2. The van der Waals surface area contributed by atoms with Gasteiger partial charge in [-0.1, -0.05) is 37.3 Å². The first-order chi connectivity index (χ1) is 16.0. The lowest BCUT2D eigenvalue weighted by Crippen LogP contribution is -2.42. The lowest BCUT2D eigenvalue weighted by molar-refractivity contribution is -0.116. The SMILES string of the molecule is C[C@H](CC(=O)Nc1sc2c(c1C#N)CCN(C(=O)NCc1ccncc1)C2)c1ccccc1. The normalized spacial score (nSPS) is 13.5. The van der Waals surface area contributed by atoms with Crippen molar-refractivity contribution in [2.75, 3.05) is 11.9 Å². The first-order valence-corrected chi connectivity index (χ1v) is 11.7. The number of hydrogen-bond acceptors (Lipinski definition) is 5. The molecule has 0 saturated heterocycles. The molecule has 0 saturated carbocycles. The molecule has 2 aromatic heterocycles. The highest BCUT2D eigenvalue weighted by Crippen LogP contribution is 2.37. The van der Waals surface area contributed by atoms with E-state index in [9.17, 15) is 14.9 Å². The van der Waals surface area contributed by atoms with Gasteiger partial charge in [-0.15, -0.1) is 11.3 Å². The zero-order chi connectivity index (χ0) is 23.2. The minimum absolute atomic E-state index is 0.0749. The summed E-state index contributed by atoms with van der Waals surface area (Å²) in [5.74, 6) is -0.0423. The number of hydrogen-bond donors (Lipinski definition) is 2. The van der Waals surface area contributed by atoms with Crippen LogP contribution in [0.15, 0.2) is 54.9 Å². The number of pyridine rings is 1. The van der Waals surface area contributed by atoms with Gasteiger partial charge in [0, 0.05) is 36.8 Å². The number of nitrogens with zero attached hydrogens (tertiary/aromatic N) is 3. The largest absolute Gasteiger partial charge is 0.334 e. The van der Waals surface area contributed by atoms with Gasteiger partial charge in [-0.25, -0.2) is 4.79 Å². The van der Waals surface area contributed by atoms with E-state index in [0.717, 1.165) is 21.6 Å². The van der Waals surface area contributed by atoms with E-state index in [1.807, 2.05) is 49.4 Å². The van der Waals surface area contributed by atoms with Crippen LogP contribution in [0.1, 0.15) is 46.4 Å². The van der Waals surface area contributed by atoms with Gasteiger partial charge >= 0.3 is 6.03 Å². The topological polar surface area (TPSA) is 98.1 Å². The Labute approximate surface area is 197 Å². The molecule has 33 heavy (non-hydrogen) atoms. The van der Waals surface area contributed by atoms with Crippen molar-refractivity contribution < 1.29 is 9.59 Å². The van der Waals surface area contributed by atoms with Crippen molar-refractivity contribution in [2.45, 2.75) is 38.8 Å². The standard InChI is InChI=1S/C25H25N5O2S/c1-17(19-5-3-2-4-6-19)13-23(31)29-24-21(14-26)20-9-12-30(16-22(20)33-24)25(32)28-15-18-7-10-27-11-8-18/h2-8,10-11,17H,9,12-13,15-16H2,1H3,(H,28,32)(H,29,31)/t17-/m1/s1. The van der Waals surface area contributed by atoms with E-state index < -0.39 is 0 Å². The quantitative estimate of drug-likeness (QED) is 0.570. The van der Waals surface area contributed by atoms with E-state index in [2.05, 4.69) is 21.7 Å². The number of amides is 3. The van der Waals surface area contributed by atoms with Gasteiger partial charge in [0.1, 0.15) is 11.1 Å². The molecule has 0 aliphatic carbocycles. The van der Waals surface area contributed by atoms with Crippen LogP contribution < -0.4 is 10.6 Å². The van der Waals surface area contributed by atoms with Gasteiger partial charge in [0.2, 0.25) is 5.91 Å². The minimum Gasteiger partial charge on any atom is -0.334 e. The molecule has 3 amide bonds. The van der Waals surface area contributed by atoms with Crippen LogP contribution in [-0.2, 0) is 24.3 Å². The molecule has 0 unspecified atom stereocenters. The van der Waals surface area contributed by atoms with E-state index in [4.69, 9.17) is 0 Å². The Hall–Kier alpha value is -3.70. The monoisotopic (exact) mass is 459 g/mol. The van der Waals surface area contributed by atoms with Gasteiger partial charge in [-0.3, -0.25) is 9.78 Å².